The SMILES string of the molecule is CSCC(C)(O)CNC(=O)c1cc(Br)cn1C(C)C. The van der Waals surface area contributed by atoms with Crippen LogP contribution in [0.2, 0.25) is 0 Å². The Morgan fingerprint density at radius 1 is 1.63 bits per heavy atom. The summed E-state index contributed by atoms with van der Waals surface area (Å²) in [5, 5.41) is 12.8. The van der Waals surface area contributed by atoms with Gasteiger partial charge in [-0.2, -0.15) is 11.8 Å². The minimum Gasteiger partial charge on any atom is -0.387 e. The largest absolute Gasteiger partial charge is 0.387 e. The zero-order valence-corrected chi connectivity index (χ0v) is 14.1. The number of hydrogen-bond donors (Lipinski definition) is 2. The van der Waals surface area contributed by atoms with Gasteiger partial charge in [-0.15, -0.1) is 0 Å². The molecule has 0 aromatic carbocycles. The van der Waals surface area contributed by atoms with Crippen LogP contribution >= 0.6 is 27.7 Å². The Bertz CT molecular complexity index is 444. The maximum absolute atomic E-state index is 12.2. The van der Waals surface area contributed by atoms with Crippen LogP contribution in [0.3, 0.4) is 0 Å². The van der Waals surface area contributed by atoms with Crippen LogP contribution in [0.25, 0.3) is 0 Å². The Kier molecular flexibility index (Phi) is 5.95. The van der Waals surface area contributed by atoms with E-state index in [0.29, 0.717) is 11.4 Å². The molecule has 6 heteroatoms. The standard InChI is InChI=1S/C13H21BrN2O2S/c1-9(2)16-6-10(14)5-11(16)12(17)15-7-13(3,18)8-19-4/h5-6,9,18H,7-8H2,1-4H3,(H,15,17). The van der Waals surface area contributed by atoms with Crippen molar-refractivity contribution in [2.24, 2.45) is 0 Å². The van der Waals surface area contributed by atoms with Gasteiger partial charge in [0.2, 0.25) is 0 Å². The molecule has 4 nitrogen and oxygen atoms in total. The number of carbonyl (C=O) groups is 1. The summed E-state index contributed by atoms with van der Waals surface area (Å²) in [5.41, 5.74) is -0.288. The van der Waals surface area contributed by atoms with Gasteiger partial charge in [0.05, 0.1) is 5.60 Å². The lowest BCUT2D eigenvalue weighted by Crippen LogP contribution is -2.42. The smallest absolute Gasteiger partial charge is 0.268 e. The van der Waals surface area contributed by atoms with E-state index in [2.05, 4.69) is 21.2 Å². The number of halogens is 1. The van der Waals surface area contributed by atoms with Crippen LogP contribution in [0.5, 0.6) is 0 Å². The van der Waals surface area contributed by atoms with Crippen molar-refractivity contribution in [1.82, 2.24) is 9.88 Å². The zero-order chi connectivity index (χ0) is 14.6. The van der Waals surface area contributed by atoms with Gasteiger partial charge in [-0.25, -0.2) is 0 Å². The quantitative estimate of drug-likeness (QED) is 0.830. The molecule has 1 rings (SSSR count). The number of amides is 1. The van der Waals surface area contributed by atoms with Gasteiger partial charge in [0.25, 0.3) is 5.91 Å². The number of hydrogen-bond acceptors (Lipinski definition) is 3. The van der Waals surface area contributed by atoms with Gasteiger partial charge in [0.1, 0.15) is 5.69 Å². The molecule has 0 spiro atoms. The summed E-state index contributed by atoms with van der Waals surface area (Å²) in [5.74, 6) is 0.420. The summed E-state index contributed by atoms with van der Waals surface area (Å²) < 4.78 is 2.78. The predicted octanol–water partition coefficient (Wildman–Crippen LogP) is 2.68. The number of aliphatic hydroxyl groups is 1. The van der Waals surface area contributed by atoms with Crippen molar-refractivity contribution in [3.05, 3.63) is 22.4 Å². The molecule has 0 saturated heterocycles. The van der Waals surface area contributed by atoms with E-state index in [1.54, 1.807) is 24.8 Å². The maximum Gasteiger partial charge on any atom is 0.268 e. The number of thioether (sulfide) groups is 1. The van der Waals surface area contributed by atoms with Gasteiger partial charge in [-0.3, -0.25) is 4.79 Å². The highest BCUT2D eigenvalue weighted by Crippen LogP contribution is 2.19. The Morgan fingerprint density at radius 2 is 2.26 bits per heavy atom. The molecule has 1 unspecified atom stereocenters. The lowest BCUT2D eigenvalue weighted by Gasteiger charge is -2.23. The molecule has 0 aliphatic rings. The number of nitrogens with one attached hydrogen (secondary N) is 1. The van der Waals surface area contributed by atoms with E-state index in [4.69, 9.17) is 0 Å². The second-order valence-corrected chi connectivity index (χ2v) is 6.94. The van der Waals surface area contributed by atoms with E-state index in [1.807, 2.05) is 30.9 Å². The van der Waals surface area contributed by atoms with Gasteiger partial charge in [-0.1, -0.05) is 0 Å². The molecule has 108 valence electrons. The Balaban J connectivity index is 2.74. The number of rotatable bonds is 6. The molecule has 1 aromatic rings. The summed E-state index contributed by atoms with van der Waals surface area (Å²) in [7, 11) is 0. The second-order valence-electron chi connectivity index (χ2n) is 5.16. The molecule has 0 bridgehead atoms. The third-order valence-electron chi connectivity index (χ3n) is 2.69. The average Bonchev–Trinajstić information content (AvgIpc) is 2.68. The number of aromatic nitrogens is 1. The zero-order valence-electron chi connectivity index (χ0n) is 11.7. The number of nitrogens with zero attached hydrogens (tertiary/aromatic N) is 1. The average molecular weight is 349 g/mol. The molecule has 1 aromatic heterocycles. The van der Waals surface area contributed by atoms with Crippen molar-refractivity contribution in [2.45, 2.75) is 32.4 Å². The normalized spacial score (nSPS) is 14.5. The predicted molar refractivity (Wildman–Crippen MR) is 83.9 cm³/mol. The van der Waals surface area contributed by atoms with Crippen LogP contribution in [0, 0.1) is 0 Å². The Labute approximate surface area is 127 Å². The van der Waals surface area contributed by atoms with Crippen molar-refractivity contribution in [3.63, 3.8) is 0 Å². The maximum atomic E-state index is 12.2. The van der Waals surface area contributed by atoms with Crippen LogP contribution in [0.1, 0.15) is 37.3 Å². The van der Waals surface area contributed by atoms with Gasteiger partial charge in [0, 0.05) is 29.0 Å². The van der Waals surface area contributed by atoms with Crippen LogP contribution in [-0.2, 0) is 0 Å². The van der Waals surface area contributed by atoms with E-state index >= 15 is 0 Å². The first-order valence-corrected chi connectivity index (χ1v) is 8.32. The molecular formula is C13H21BrN2O2S. The van der Waals surface area contributed by atoms with E-state index in [-0.39, 0.29) is 18.5 Å². The first-order chi connectivity index (χ1) is 8.76. The van der Waals surface area contributed by atoms with E-state index < -0.39 is 5.60 Å². The van der Waals surface area contributed by atoms with Crippen molar-refractivity contribution >= 4 is 33.6 Å². The molecule has 2 N–H and O–H groups in total. The molecule has 1 heterocycles. The third-order valence-corrected chi connectivity index (χ3v) is 4.03. The van der Waals surface area contributed by atoms with Crippen LogP contribution in [-0.4, -0.2) is 39.7 Å². The van der Waals surface area contributed by atoms with Crippen molar-refractivity contribution < 1.29 is 9.90 Å². The minimum absolute atomic E-state index is 0.166. The molecule has 0 aliphatic heterocycles. The molecule has 0 saturated carbocycles. The van der Waals surface area contributed by atoms with Crippen LogP contribution in [0.4, 0.5) is 0 Å². The van der Waals surface area contributed by atoms with Crippen LogP contribution in [0.15, 0.2) is 16.7 Å². The topological polar surface area (TPSA) is 54.3 Å². The Hall–Kier alpha value is -0.460. The van der Waals surface area contributed by atoms with E-state index in [1.165, 1.54) is 0 Å². The van der Waals surface area contributed by atoms with Gasteiger partial charge in [0.15, 0.2) is 0 Å². The summed E-state index contributed by atoms with van der Waals surface area (Å²) in [6, 6.07) is 2.00. The second kappa shape index (κ2) is 6.81. The summed E-state index contributed by atoms with van der Waals surface area (Å²) >= 11 is 4.94. The van der Waals surface area contributed by atoms with Crippen molar-refractivity contribution in [1.29, 1.82) is 0 Å². The molecule has 19 heavy (non-hydrogen) atoms. The van der Waals surface area contributed by atoms with Crippen LogP contribution < -0.4 is 5.32 Å². The fraction of sp³-hybridized carbons (Fsp3) is 0.615. The lowest BCUT2D eigenvalue weighted by atomic mass is 10.1. The first kappa shape index (κ1) is 16.6. The van der Waals surface area contributed by atoms with Gasteiger partial charge >= 0.3 is 0 Å². The minimum atomic E-state index is -0.887. The van der Waals surface area contributed by atoms with E-state index in [0.717, 1.165) is 4.47 Å². The molecule has 0 aliphatic carbocycles. The fourth-order valence-electron chi connectivity index (χ4n) is 1.78. The lowest BCUT2D eigenvalue weighted by molar-refractivity contribution is 0.0719. The summed E-state index contributed by atoms with van der Waals surface area (Å²) in [4.78, 5) is 12.2. The third kappa shape index (κ3) is 4.85. The van der Waals surface area contributed by atoms with E-state index in [9.17, 15) is 9.90 Å². The van der Waals surface area contributed by atoms with Crippen molar-refractivity contribution in [3.8, 4) is 0 Å². The molecular weight excluding hydrogens is 328 g/mol. The fourth-order valence-corrected chi connectivity index (χ4v) is 2.94. The monoisotopic (exact) mass is 348 g/mol. The highest BCUT2D eigenvalue weighted by molar-refractivity contribution is 9.10. The molecule has 0 fully saturated rings. The van der Waals surface area contributed by atoms with Crippen molar-refractivity contribution in [2.75, 3.05) is 18.6 Å². The highest BCUT2D eigenvalue weighted by atomic mass is 79.9. The Morgan fingerprint density at radius 3 is 2.79 bits per heavy atom. The number of carbonyl (C=O) groups excluding carboxylic acids is 1. The summed E-state index contributed by atoms with van der Waals surface area (Å²) in [6.07, 6.45) is 3.82. The highest BCUT2D eigenvalue weighted by Gasteiger charge is 2.22. The van der Waals surface area contributed by atoms with Gasteiger partial charge < -0.3 is 15.0 Å². The molecule has 1 atom stereocenters. The molecule has 1 amide bonds. The first-order valence-electron chi connectivity index (χ1n) is 6.14. The summed E-state index contributed by atoms with van der Waals surface area (Å²) in [6.45, 7) is 6.01. The molecule has 0 radical (unpaired) electrons. The van der Waals surface area contributed by atoms with Gasteiger partial charge in [-0.05, 0) is 49.0 Å².